The maximum absolute atomic E-state index is 12.1. The zero-order valence-corrected chi connectivity index (χ0v) is 11.2. The Hall–Kier alpha value is -2.21. The van der Waals surface area contributed by atoms with Gasteiger partial charge in [-0.05, 0) is 6.07 Å². The van der Waals surface area contributed by atoms with E-state index in [9.17, 15) is 8.42 Å². The Morgan fingerprint density at radius 3 is 2.95 bits per heavy atom. The van der Waals surface area contributed by atoms with E-state index in [4.69, 9.17) is 5.73 Å². The van der Waals surface area contributed by atoms with E-state index < -0.39 is 10.0 Å². The highest BCUT2D eigenvalue weighted by Gasteiger charge is 2.15. The summed E-state index contributed by atoms with van der Waals surface area (Å²) in [5.74, 6) is 5.37. The van der Waals surface area contributed by atoms with Gasteiger partial charge in [0.1, 0.15) is 11.2 Å². The number of hydrogen-bond acceptors (Lipinski definition) is 6. The second-order valence-electron chi connectivity index (χ2n) is 3.73. The molecule has 2 aromatic heterocycles. The first-order valence-electron chi connectivity index (χ1n) is 5.65. The Kier molecular flexibility index (Phi) is 4.47. The van der Waals surface area contributed by atoms with Crippen LogP contribution in [0.25, 0.3) is 0 Å². The number of hydrogen-bond donors (Lipinski definition) is 2. The van der Waals surface area contributed by atoms with Crippen molar-refractivity contribution in [1.29, 1.82) is 0 Å². The molecule has 2 aromatic rings. The minimum atomic E-state index is -3.68. The standard InChI is InChI=1S/C12H12N4O3S/c13-4-1-2-10-6-12(9-14-7-10)20(17,18)15-8-11-3-5-19-16-11/h3,5-7,9,15H,4,8,13H2. The molecule has 0 bridgehead atoms. The molecule has 0 atom stereocenters. The molecule has 7 nitrogen and oxygen atoms in total. The van der Waals surface area contributed by atoms with Crippen LogP contribution in [0.15, 0.2) is 40.2 Å². The maximum atomic E-state index is 12.1. The molecular formula is C12H12N4O3S. The van der Waals surface area contributed by atoms with Gasteiger partial charge in [-0.1, -0.05) is 17.0 Å². The third-order valence-corrected chi connectivity index (χ3v) is 3.66. The summed E-state index contributed by atoms with van der Waals surface area (Å²) in [6.45, 7) is 0.235. The molecule has 2 rings (SSSR count). The number of aromatic nitrogens is 2. The van der Waals surface area contributed by atoms with Crippen molar-refractivity contribution < 1.29 is 12.9 Å². The topological polar surface area (TPSA) is 111 Å². The summed E-state index contributed by atoms with van der Waals surface area (Å²) in [5.41, 5.74) is 6.23. The van der Waals surface area contributed by atoms with Crippen LogP contribution in [-0.4, -0.2) is 25.1 Å². The molecule has 0 aliphatic carbocycles. The Bertz CT molecular complexity index is 730. The van der Waals surface area contributed by atoms with Crippen LogP contribution in [-0.2, 0) is 16.6 Å². The van der Waals surface area contributed by atoms with Crippen LogP contribution in [0.1, 0.15) is 11.3 Å². The minimum absolute atomic E-state index is 0.0322. The monoisotopic (exact) mass is 292 g/mol. The van der Waals surface area contributed by atoms with E-state index in [1.54, 1.807) is 6.07 Å². The van der Waals surface area contributed by atoms with Gasteiger partial charge in [0.05, 0.1) is 18.8 Å². The van der Waals surface area contributed by atoms with Crippen molar-refractivity contribution >= 4 is 10.0 Å². The largest absolute Gasteiger partial charge is 0.364 e. The van der Waals surface area contributed by atoms with Crippen molar-refractivity contribution in [2.24, 2.45) is 5.73 Å². The van der Waals surface area contributed by atoms with E-state index in [2.05, 4.69) is 31.2 Å². The van der Waals surface area contributed by atoms with Gasteiger partial charge in [0.15, 0.2) is 0 Å². The second-order valence-corrected chi connectivity index (χ2v) is 5.50. The molecule has 0 fully saturated rings. The molecule has 104 valence electrons. The van der Waals surface area contributed by atoms with E-state index in [1.165, 1.54) is 24.7 Å². The third-order valence-electron chi connectivity index (χ3n) is 2.29. The predicted octanol–water partition coefficient (Wildman–Crippen LogP) is -0.142. The van der Waals surface area contributed by atoms with Gasteiger partial charge in [-0.15, -0.1) is 0 Å². The van der Waals surface area contributed by atoms with Crippen molar-refractivity contribution in [2.45, 2.75) is 11.4 Å². The van der Waals surface area contributed by atoms with Crippen LogP contribution >= 0.6 is 0 Å². The summed E-state index contributed by atoms with van der Waals surface area (Å²) in [4.78, 5) is 3.88. The highest BCUT2D eigenvalue weighted by atomic mass is 32.2. The molecule has 0 aromatic carbocycles. The van der Waals surface area contributed by atoms with Gasteiger partial charge in [0, 0.05) is 24.0 Å². The fraction of sp³-hybridized carbons (Fsp3) is 0.167. The summed E-state index contributed by atoms with van der Waals surface area (Å²) in [7, 11) is -3.68. The Balaban J connectivity index is 2.16. The van der Waals surface area contributed by atoms with E-state index in [0.29, 0.717) is 11.3 Å². The summed E-state index contributed by atoms with van der Waals surface area (Å²) >= 11 is 0. The molecule has 0 unspecified atom stereocenters. The first kappa shape index (κ1) is 14.2. The molecule has 20 heavy (non-hydrogen) atoms. The number of rotatable bonds is 4. The molecule has 0 aliphatic heterocycles. The van der Waals surface area contributed by atoms with Crippen molar-refractivity contribution in [3.8, 4) is 11.8 Å². The van der Waals surface area contributed by atoms with Crippen LogP contribution in [0, 0.1) is 11.8 Å². The molecule has 0 radical (unpaired) electrons. The smallest absolute Gasteiger partial charge is 0.242 e. The van der Waals surface area contributed by atoms with Gasteiger partial charge in [-0.2, -0.15) is 0 Å². The number of pyridine rings is 1. The molecular weight excluding hydrogens is 280 g/mol. The van der Waals surface area contributed by atoms with Gasteiger partial charge >= 0.3 is 0 Å². The van der Waals surface area contributed by atoms with E-state index >= 15 is 0 Å². The highest BCUT2D eigenvalue weighted by Crippen LogP contribution is 2.09. The normalized spacial score (nSPS) is 10.8. The summed E-state index contributed by atoms with van der Waals surface area (Å²) < 4.78 is 31.2. The Labute approximate surface area is 116 Å². The Morgan fingerprint density at radius 1 is 1.40 bits per heavy atom. The van der Waals surface area contributed by atoms with Crippen molar-refractivity contribution in [3.63, 3.8) is 0 Å². The number of nitrogens with one attached hydrogen (secondary N) is 1. The molecule has 0 amide bonds. The lowest BCUT2D eigenvalue weighted by Gasteiger charge is -2.04. The lowest BCUT2D eigenvalue weighted by Crippen LogP contribution is -2.23. The van der Waals surface area contributed by atoms with Crippen molar-refractivity contribution in [2.75, 3.05) is 6.54 Å². The fourth-order valence-electron chi connectivity index (χ4n) is 1.37. The average molecular weight is 292 g/mol. The van der Waals surface area contributed by atoms with Gasteiger partial charge in [-0.25, -0.2) is 13.1 Å². The molecule has 8 heteroatoms. The average Bonchev–Trinajstić information content (AvgIpc) is 2.97. The molecule has 2 heterocycles. The van der Waals surface area contributed by atoms with Gasteiger partial charge < -0.3 is 10.3 Å². The van der Waals surface area contributed by atoms with Crippen LogP contribution in [0.3, 0.4) is 0 Å². The van der Waals surface area contributed by atoms with E-state index in [1.807, 2.05) is 0 Å². The van der Waals surface area contributed by atoms with E-state index in [-0.39, 0.29) is 18.0 Å². The van der Waals surface area contributed by atoms with Crippen LogP contribution in [0.4, 0.5) is 0 Å². The van der Waals surface area contributed by atoms with Gasteiger partial charge in [-0.3, -0.25) is 4.98 Å². The van der Waals surface area contributed by atoms with Crippen molar-refractivity contribution in [1.82, 2.24) is 14.9 Å². The Morgan fingerprint density at radius 2 is 2.25 bits per heavy atom. The molecule has 0 saturated heterocycles. The lowest BCUT2D eigenvalue weighted by atomic mass is 10.3. The zero-order valence-electron chi connectivity index (χ0n) is 10.4. The van der Waals surface area contributed by atoms with Crippen molar-refractivity contribution in [3.05, 3.63) is 42.0 Å². The first-order chi connectivity index (χ1) is 9.62. The van der Waals surface area contributed by atoms with Crippen LogP contribution < -0.4 is 10.5 Å². The predicted molar refractivity (Wildman–Crippen MR) is 70.7 cm³/mol. The molecule has 0 spiro atoms. The first-order valence-corrected chi connectivity index (χ1v) is 7.13. The third kappa shape index (κ3) is 3.64. The maximum Gasteiger partial charge on any atom is 0.242 e. The highest BCUT2D eigenvalue weighted by molar-refractivity contribution is 7.89. The van der Waals surface area contributed by atoms with Crippen LogP contribution in [0.2, 0.25) is 0 Å². The number of nitrogens with two attached hydrogens (primary N) is 1. The molecule has 3 N–H and O–H groups in total. The number of sulfonamides is 1. The van der Waals surface area contributed by atoms with Gasteiger partial charge in [0.2, 0.25) is 10.0 Å². The second kappa shape index (κ2) is 6.29. The molecule has 0 saturated carbocycles. The minimum Gasteiger partial charge on any atom is -0.364 e. The van der Waals surface area contributed by atoms with Crippen LogP contribution in [0.5, 0.6) is 0 Å². The fourth-order valence-corrected chi connectivity index (χ4v) is 2.35. The summed E-state index contributed by atoms with van der Waals surface area (Å²) in [6.07, 6.45) is 4.09. The quantitative estimate of drug-likeness (QED) is 0.759. The van der Waals surface area contributed by atoms with E-state index in [0.717, 1.165) is 0 Å². The zero-order chi connectivity index (χ0) is 14.4. The van der Waals surface area contributed by atoms with Gasteiger partial charge in [0.25, 0.3) is 0 Å². The number of nitrogens with zero attached hydrogens (tertiary/aromatic N) is 2. The summed E-state index contributed by atoms with van der Waals surface area (Å²) in [6, 6.07) is 3.00. The molecule has 0 aliphatic rings. The lowest BCUT2D eigenvalue weighted by molar-refractivity contribution is 0.411. The SMILES string of the molecule is NCC#Cc1cncc(S(=O)(=O)NCc2ccon2)c1. The summed E-state index contributed by atoms with van der Waals surface area (Å²) in [5, 5.41) is 3.62.